The number of amides is 1. The van der Waals surface area contributed by atoms with Crippen molar-refractivity contribution in [3.05, 3.63) is 34.9 Å². The van der Waals surface area contributed by atoms with E-state index in [2.05, 4.69) is 18.0 Å². The zero-order chi connectivity index (χ0) is 20.5. The molecule has 1 atom stereocenters. The van der Waals surface area contributed by atoms with E-state index in [0.29, 0.717) is 12.5 Å². The van der Waals surface area contributed by atoms with Gasteiger partial charge < -0.3 is 14.4 Å². The lowest BCUT2D eigenvalue weighted by molar-refractivity contribution is -0.147. The first-order valence-electron chi connectivity index (χ1n) is 10.1. The third kappa shape index (κ3) is 4.32. The number of piperidine rings is 1. The molecule has 0 aliphatic carbocycles. The third-order valence-corrected chi connectivity index (χ3v) is 5.67. The smallest absolute Gasteiger partial charge is 0.411 e. The van der Waals surface area contributed by atoms with Gasteiger partial charge in [-0.15, -0.1) is 0 Å². The highest BCUT2D eigenvalue weighted by atomic mass is 16.6. The van der Waals surface area contributed by atoms with E-state index in [1.54, 1.807) is 0 Å². The van der Waals surface area contributed by atoms with Crippen molar-refractivity contribution in [3.63, 3.8) is 0 Å². The molecule has 28 heavy (non-hydrogen) atoms. The summed E-state index contributed by atoms with van der Waals surface area (Å²) in [7, 11) is 3.52. The van der Waals surface area contributed by atoms with E-state index in [9.17, 15) is 9.59 Å². The number of esters is 1. The molecule has 2 aliphatic heterocycles. The van der Waals surface area contributed by atoms with Crippen LogP contribution in [0.3, 0.4) is 0 Å². The Kier molecular flexibility index (Phi) is 5.98. The number of carbonyl (C=O) groups is 2. The normalized spacial score (nSPS) is 21.2. The number of hydrogen-bond donors (Lipinski definition) is 0. The molecule has 0 unspecified atom stereocenters. The van der Waals surface area contributed by atoms with Crippen molar-refractivity contribution < 1.29 is 19.1 Å². The van der Waals surface area contributed by atoms with Crippen LogP contribution in [-0.2, 0) is 20.7 Å². The minimum Gasteiger partial charge on any atom is -0.467 e. The first kappa shape index (κ1) is 20.6. The topological polar surface area (TPSA) is 59.1 Å². The molecular weight excluding hydrogens is 356 g/mol. The molecular formula is C22H32N2O4. The standard InChI is InChI=1S/C22H32N2O4/c1-22(2,3)28-21(26)24-14-11-17-16(15-9-12-23(4)13-10-15)7-6-8-18(17)19(24)20(25)27-5/h6-8,15,19H,9-14H2,1-5H3/t19-/m0/s1. The summed E-state index contributed by atoms with van der Waals surface area (Å²) in [6.07, 6.45) is 2.49. The van der Waals surface area contributed by atoms with Crippen molar-refractivity contribution in [2.45, 2.75) is 57.6 Å². The molecule has 1 saturated heterocycles. The molecule has 3 rings (SSSR count). The van der Waals surface area contributed by atoms with Crippen LogP contribution in [0, 0.1) is 0 Å². The van der Waals surface area contributed by atoms with Gasteiger partial charge in [-0.2, -0.15) is 0 Å². The summed E-state index contributed by atoms with van der Waals surface area (Å²) >= 11 is 0. The van der Waals surface area contributed by atoms with Crippen molar-refractivity contribution >= 4 is 12.1 Å². The van der Waals surface area contributed by atoms with E-state index in [1.165, 1.54) is 23.1 Å². The molecule has 6 heteroatoms. The highest BCUT2D eigenvalue weighted by molar-refractivity contribution is 5.84. The van der Waals surface area contributed by atoms with Crippen LogP contribution in [0.4, 0.5) is 4.79 Å². The molecule has 0 N–H and O–H groups in total. The van der Waals surface area contributed by atoms with Gasteiger partial charge in [0, 0.05) is 6.54 Å². The molecule has 2 heterocycles. The van der Waals surface area contributed by atoms with E-state index >= 15 is 0 Å². The van der Waals surface area contributed by atoms with Gasteiger partial charge >= 0.3 is 12.1 Å². The molecule has 1 aromatic rings. The number of likely N-dealkylation sites (tertiary alicyclic amines) is 1. The van der Waals surface area contributed by atoms with Gasteiger partial charge in [0.25, 0.3) is 0 Å². The highest BCUT2D eigenvalue weighted by Gasteiger charge is 2.40. The van der Waals surface area contributed by atoms with E-state index in [-0.39, 0.29) is 0 Å². The fourth-order valence-electron chi connectivity index (χ4n) is 4.28. The minimum absolute atomic E-state index is 0.424. The number of methoxy groups -OCH3 is 1. The second-order valence-corrected chi connectivity index (χ2v) is 8.84. The molecule has 0 radical (unpaired) electrons. The lowest BCUT2D eigenvalue weighted by atomic mass is 9.81. The molecule has 0 aromatic heterocycles. The molecule has 0 saturated carbocycles. The number of ether oxygens (including phenoxy) is 2. The van der Waals surface area contributed by atoms with Crippen molar-refractivity contribution in [1.82, 2.24) is 9.80 Å². The third-order valence-electron chi connectivity index (χ3n) is 5.67. The molecule has 0 spiro atoms. The summed E-state index contributed by atoms with van der Waals surface area (Å²) in [6, 6.07) is 5.38. The van der Waals surface area contributed by atoms with E-state index in [1.807, 2.05) is 32.9 Å². The molecule has 1 fully saturated rings. The quantitative estimate of drug-likeness (QED) is 0.726. The lowest BCUT2D eigenvalue weighted by Crippen LogP contribution is -2.46. The van der Waals surface area contributed by atoms with Crippen LogP contribution in [0.25, 0.3) is 0 Å². The van der Waals surface area contributed by atoms with Crippen LogP contribution < -0.4 is 0 Å². The second kappa shape index (κ2) is 8.11. The zero-order valence-corrected chi connectivity index (χ0v) is 17.7. The largest absolute Gasteiger partial charge is 0.467 e. The van der Waals surface area contributed by atoms with Crippen LogP contribution in [0.2, 0.25) is 0 Å². The number of hydrogen-bond acceptors (Lipinski definition) is 5. The Morgan fingerprint density at radius 2 is 1.71 bits per heavy atom. The molecule has 1 aromatic carbocycles. The highest BCUT2D eigenvalue weighted by Crippen LogP contribution is 2.38. The first-order chi connectivity index (χ1) is 13.2. The van der Waals surface area contributed by atoms with Gasteiger partial charge in [-0.05, 0) is 82.8 Å². The van der Waals surface area contributed by atoms with Crippen LogP contribution in [0.1, 0.15) is 62.3 Å². The molecule has 1 amide bonds. The van der Waals surface area contributed by atoms with Crippen molar-refractivity contribution in [1.29, 1.82) is 0 Å². The van der Waals surface area contributed by atoms with Crippen LogP contribution in [0.5, 0.6) is 0 Å². The van der Waals surface area contributed by atoms with Crippen LogP contribution in [0.15, 0.2) is 18.2 Å². The van der Waals surface area contributed by atoms with Crippen LogP contribution in [-0.4, -0.2) is 61.3 Å². The average Bonchev–Trinajstić information content (AvgIpc) is 2.65. The maximum atomic E-state index is 12.8. The molecule has 6 nitrogen and oxygen atoms in total. The van der Waals surface area contributed by atoms with Gasteiger partial charge in [-0.3, -0.25) is 4.90 Å². The summed E-state index contributed by atoms with van der Waals surface area (Å²) < 4.78 is 10.6. The molecule has 0 bridgehead atoms. The Balaban J connectivity index is 1.95. The van der Waals surface area contributed by atoms with Gasteiger partial charge in [0.2, 0.25) is 0 Å². The Labute approximate surface area is 167 Å². The SMILES string of the molecule is COC(=O)[C@@H]1c2cccc(C3CCN(C)CC3)c2CCN1C(=O)OC(C)(C)C. The number of rotatable bonds is 2. The summed E-state index contributed by atoms with van der Waals surface area (Å²) in [6.45, 7) is 8.10. The van der Waals surface area contributed by atoms with E-state index in [4.69, 9.17) is 9.47 Å². The van der Waals surface area contributed by atoms with Crippen molar-refractivity contribution in [3.8, 4) is 0 Å². The van der Waals surface area contributed by atoms with Gasteiger partial charge in [-0.1, -0.05) is 18.2 Å². The summed E-state index contributed by atoms with van der Waals surface area (Å²) in [4.78, 5) is 29.3. The predicted molar refractivity (Wildman–Crippen MR) is 107 cm³/mol. The lowest BCUT2D eigenvalue weighted by Gasteiger charge is -2.38. The summed E-state index contributed by atoms with van der Waals surface area (Å²) in [5, 5.41) is 0. The van der Waals surface area contributed by atoms with Gasteiger partial charge in [0.05, 0.1) is 7.11 Å². The second-order valence-electron chi connectivity index (χ2n) is 8.84. The number of fused-ring (bicyclic) bond motifs is 1. The zero-order valence-electron chi connectivity index (χ0n) is 17.7. The Morgan fingerprint density at radius 3 is 2.32 bits per heavy atom. The summed E-state index contributed by atoms with van der Waals surface area (Å²) in [5.74, 6) is 0.0739. The Hall–Kier alpha value is -2.08. The molecule has 154 valence electrons. The van der Waals surface area contributed by atoms with Gasteiger partial charge in [0.15, 0.2) is 6.04 Å². The number of nitrogens with zero attached hydrogens (tertiary/aromatic N) is 2. The van der Waals surface area contributed by atoms with Crippen molar-refractivity contribution in [2.75, 3.05) is 33.8 Å². The maximum Gasteiger partial charge on any atom is 0.411 e. The first-order valence-corrected chi connectivity index (χ1v) is 10.1. The minimum atomic E-state index is -0.755. The van der Waals surface area contributed by atoms with E-state index in [0.717, 1.165) is 37.9 Å². The Morgan fingerprint density at radius 1 is 1.07 bits per heavy atom. The fourth-order valence-corrected chi connectivity index (χ4v) is 4.28. The Bertz CT molecular complexity index is 733. The monoisotopic (exact) mass is 388 g/mol. The van der Waals surface area contributed by atoms with Gasteiger partial charge in [0.1, 0.15) is 5.60 Å². The van der Waals surface area contributed by atoms with Gasteiger partial charge in [-0.25, -0.2) is 9.59 Å². The van der Waals surface area contributed by atoms with E-state index < -0.39 is 23.7 Å². The number of benzene rings is 1. The summed E-state index contributed by atoms with van der Waals surface area (Å²) in [5.41, 5.74) is 2.78. The fraction of sp³-hybridized carbons (Fsp3) is 0.636. The van der Waals surface area contributed by atoms with Crippen LogP contribution >= 0.6 is 0 Å². The predicted octanol–water partition coefficient (Wildman–Crippen LogP) is 3.50. The van der Waals surface area contributed by atoms with Crippen molar-refractivity contribution in [2.24, 2.45) is 0 Å². The molecule has 2 aliphatic rings. The number of carbonyl (C=O) groups excluding carboxylic acids is 2. The average molecular weight is 389 g/mol. The maximum absolute atomic E-state index is 12.8.